The van der Waals surface area contributed by atoms with Crippen molar-refractivity contribution in [3.63, 3.8) is 0 Å². The number of nitrogen functional groups attached to an aromatic ring is 1. The fourth-order valence-corrected chi connectivity index (χ4v) is 10.9. The molecule has 29 heteroatoms. The second-order valence-electron chi connectivity index (χ2n) is 19.0. The second kappa shape index (κ2) is 37.0. The Bertz CT molecular complexity index is 2590. The summed E-state index contributed by atoms with van der Waals surface area (Å²) in [5.41, 5.74) is 4.05. The Labute approximate surface area is 471 Å². The number of nitrogens with one attached hydrogen (secondary N) is 2. The average molecular weight is 1200 g/mol. The first kappa shape index (κ1) is 69.9. The van der Waals surface area contributed by atoms with Gasteiger partial charge in [-0.05, 0) is 57.8 Å². The Morgan fingerprint density at radius 2 is 1.38 bits per heavy atom. The van der Waals surface area contributed by atoms with Crippen LogP contribution in [0.1, 0.15) is 130 Å². The number of anilines is 1. The number of imidazole rings is 1. The van der Waals surface area contributed by atoms with Gasteiger partial charge in [-0.25, -0.2) is 19.3 Å². The molecular formula is C51H76N7O18P3S-4. The van der Waals surface area contributed by atoms with Crippen molar-refractivity contribution in [2.45, 2.75) is 154 Å². The number of unbranched alkanes of at least 4 members (excludes halogenated alkanes) is 6. The van der Waals surface area contributed by atoms with Crippen molar-refractivity contribution in [1.82, 2.24) is 30.2 Å². The third-order valence-electron chi connectivity index (χ3n) is 11.8. The zero-order chi connectivity index (χ0) is 59.0. The third-order valence-corrected chi connectivity index (χ3v) is 15.6. The van der Waals surface area contributed by atoms with Gasteiger partial charge in [-0.2, -0.15) is 0 Å². The average Bonchev–Trinajstić information content (AvgIpc) is 3.95. The van der Waals surface area contributed by atoms with E-state index in [9.17, 15) is 62.7 Å². The summed E-state index contributed by atoms with van der Waals surface area (Å²) in [4.78, 5) is 109. The molecule has 7 atom stereocenters. The molecule has 0 spiro atoms. The molecule has 80 heavy (non-hydrogen) atoms. The van der Waals surface area contributed by atoms with E-state index in [0.29, 0.717) is 6.42 Å². The van der Waals surface area contributed by atoms with Crippen molar-refractivity contribution in [3.05, 3.63) is 85.6 Å². The van der Waals surface area contributed by atoms with E-state index in [2.05, 4.69) is 123 Å². The molecule has 3 rings (SSSR count). The van der Waals surface area contributed by atoms with Gasteiger partial charge in [0.2, 0.25) is 11.8 Å². The maximum Gasteiger partial charge on any atom is 0.274 e. The van der Waals surface area contributed by atoms with Crippen LogP contribution in [-0.4, -0.2) is 109 Å². The minimum absolute atomic E-state index is 0.0278. The van der Waals surface area contributed by atoms with Gasteiger partial charge in [0, 0.05) is 37.1 Å². The van der Waals surface area contributed by atoms with E-state index in [4.69, 9.17) is 10.5 Å². The predicted octanol–water partition coefficient (Wildman–Crippen LogP) is 4.91. The van der Waals surface area contributed by atoms with E-state index in [-0.39, 0.29) is 59.6 Å². The number of carbonyl (C=O) groups is 4. The molecule has 0 saturated carbocycles. The fraction of sp³-hybridized carbons (Fsp3) is 0.588. The van der Waals surface area contributed by atoms with Crippen LogP contribution < -0.4 is 35.9 Å². The molecule has 1 fully saturated rings. The van der Waals surface area contributed by atoms with E-state index >= 15 is 0 Å². The Balaban J connectivity index is 1.21. The minimum Gasteiger partial charge on any atom is -0.790 e. The lowest BCUT2D eigenvalue weighted by molar-refractivity contribution is -0.347. The summed E-state index contributed by atoms with van der Waals surface area (Å²) < 4.78 is 60.9. The van der Waals surface area contributed by atoms with Crippen molar-refractivity contribution in [1.29, 1.82) is 0 Å². The highest BCUT2D eigenvalue weighted by molar-refractivity contribution is 8.13. The number of phosphoric ester groups is 3. The van der Waals surface area contributed by atoms with E-state index in [0.717, 1.165) is 112 Å². The first-order chi connectivity index (χ1) is 37.9. The van der Waals surface area contributed by atoms with Crippen molar-refractivity contribution in [2.24, 2.45) is 5.41 Å². The number of allylic oxidation sites excluding steroid dienone is 12. The lowest BCUT2D eigenvalue weighted by atomic mass is 9.87. The molecule has 0 aliphatic carbocycles. The molecule has 1 aliphatic rings. The summed E-state index contributed by atoms with van der Waals surface area (Å²) in [7, 11) is -17.7. The van der Waals surface area contributed by atoms with Crippen molar-refractivity contribution >= 4 is 74.9 Å². The van der Waals surface area contributed by atoms with Gasteiger partial charge in [0.05, 0.1) is 33.8 Å². The van der Waals surface area contributed by atoms with E-state index in [1.54, 1.807) is 0 Å². The van der Waals surface area contributed by atoms with Gasteiger partial charge in [0.25, 0.3) is 15.6 Å². The molecule has 1 aliphatic heterocycles. The number of fused-ring (bicyclic) bond motifs is 1. The zero-order valence-corrected chi connectivity index (χ0v) is 48.9. The quantitative estimate of drug-likeness (QED) is 0.0255. The van der Waals surface area contributed by atoms with Gasteiger partial charge in [0.15, 0.2) is 22.8 Å². The highest BCUT2D eigenvalue weighted by Gasteiger charge is 2.47. The zero-order valence-electron chi connectivity index (χ0n) is 45.4. The van der Waals surface area contributed by atoms with E-state index in [1.165, 1.54) is 13.8 Å². The Morgan fingerprint density at radius 1 is 0.800 bits per heavy atom. The number of aromatic nitrogens is 4. The molecule has 448 valence electrons. The van der Waals surface area contributed by atoms with E-state index in [1.807, 2.05) is 0 Å². The third kappa shape index (κ3) is 28.6. The highest BCUT2D eigenvalue weighted by atomic mass is 32.2. The molecule has 3 heterocycles. The van der Waals surface area contributed by atoms with Crippen LogP contribution in [0.5, 0.6) is 0 Å². The number of hydrogen-bond acceptors (Lipinski definition) is 23. The number of aliphatic hydroxyl groups excluding tert-OH is 2. The van der Waals surface area contributed by atoms with Crippen LogP contribution >= 0.6 is 35.2 Å². The van der Waals surface area contributed by atoms with Crippen LogP contribution in [-0.2, 0) is 55.5 Å². The molecule has 1 saturated heterocycles. The number of nitrogens with two attached hydrogens (primary N) is 1. The van der Waals surface area contributed by atoms with Gasteiger partial charge >= 0.3 is 0 Å². The largest absolute Gasteiger partial charge is 0.790 e. The minimum atomic E-state index is -5.94. The smallest absolute Gasteiger partial charge is 0.274 e. The monoisotopic (exact) mass is 1200 g/mol. The summed E-state index contributed by atoms with van der Waals surface area (Å²) in [6, 6.07) is 0. The van der Waals surface area contributed by atoms with Gasteiger partial charge < -0.3 is 69.0 Å². The molecule has 0 bridgehead atoms. The van der Waals surface area contributed by atoms with Crippen LogP contribution in [0.25, 0.3) is 11.2 Å². The first-order valence-electron chi connectivity index (χ1n) is 26.3. The molecule has 0 radical (unpaired) electrons. The number of thioether (sulfide) groups is 1. The number of Topliss-reactive ketones (excluding diaryl/α,β-unsaturated/α-hetero) is 1. The van der Waals surface area contributed by atoms with Crippen LogP contribution in [0.4, 0.5) is 5.82 Å². The standard InChI is InChI=1S/C51H80N7O18P3S/c1-4-5-6-7-8-9-10-11-12-13-14-15-16-17-18-19-20-21-22-23-24-25-26-27-28-29-39(59)34-42(61)80-33-32-53-41(60)30-31-54-49(64)46(63)51(2,3)36-73-79(70,71)76-78(68,69)72-35-40-45(75-77(65,66)67)44(62)50(74-40)58-38-57-43-47(52)55-37-56-48(43)58/h5-6,8-9,11-12,14-15,17-18,20-21,37-38,40,44-46,50,62-63H,4,7,10,13,16,19,22-36H2,1-3H3,(H,53,60)(H,54,64)(H,68,69)(H,70,71)(H2,52,55,56)(H2,65,66,67)/p-4/b6-5-,9-8-,12-11-,15-14-,18-17-,21-20-/t40-,44-,45-,46+,50-/m1/s1. The number of aliphatic hydroxyl groups is 2. The molecule has 2 amide bonds. The molecule has 2 aromatic rings. The fourth-order valence-electron chi connectivity index (χ4n) is 7.50. The number of phosphoric acid groups is 3. The van der Waals surface area contributed by atoms with Gasteiger partial charge in [-0.15, -0.1) is 0 Å². The molecule has 0 aromatic carbocycles. The number of amides is 2. The number of nitrogens with zero attached hydrogens (tertiary/aromatic N) is 4. The van der Waals surface area contributed by atoms with Crippen LogP contribution in [0.2, 0.25) is 0 Å². The Hall–Kier alpha value is -4.33. The number of rotatable bonds is 41. The summed E-state index contributed by atoms with van der Waals surface area (Å²) in [5, 5.41) is 26.1. The molecular weight excluding hydrogens is 1120 g/mol. The van der Waals surface area contributed by atoms with Gasteiger partial charge in [-0.3, -0.25) is 32.9 Å². The second-order valence-corrected chi connectivity index (χ2v) is 24.2. The number of ketones is 1. The predicted molar refractivity (Wildman–Crippen MR) is 293 cm³/mol. The maximum absolute atomic E-state index is 12.7. The summed E-state index contributed by atoms with van der Waals surface area (Å²) in [6.45, 7) is 2.05. The van der Waals surface area contributed by atoms with Gasteiger partial charge in [0.1, 0.15) is 42.0 Å². The number of ether oxygens (including phenoxy) is 1. The normalized spacial score (nSPS) is 19.3. The maximum atomic E-state index is 12.7. The van der Waals surface area contributed by atoms with Crippen molar-refractivity contribution in [2.75, 3.05) is 37.8 Å². The molecule has 2 aromatic heterocycles. The lowest BCUT2D eigenvalue weighted by Crippen LogP contribution is -2.46. The molecule has 25 nitrogen and oxygen atoms in total. The van der Waals surface area contributed by atoms with Crippen LogP contribution in [0.15, 0.2) is 85.6 Å². The summed E-state index contributed by atoms with van der Waals surface area (Å²) in [5.74, 6) is -1.55. The first-order valence-corrected chi connectivity index (χ1v) is 31.7. The summed E-state index contributed by atoms with van der Waals surface area (Å²) in [6.07, 6.45) is 31.6. The van der Waals surface area contributed by atoms with Crippen molar-refractivity contribution in [3.8, 4) is 0 Å². The molecule has 2 unspecified atom stereocenters. The lowest BCUT2D eigenvalue weighted by Gasteiger charge is -2.36. The Morgan fingerprint density at radius 3 is 1.99 bits per heavy atom. The number of hydrogen-bond donors (Lipinski definition) is 5. The Kier molecular flexibility index (Phi) is 32.3. The topological polar surface area (TPSA) is 392 Å². The SMILES string of the molecule is CC/C=C\C/C=C\C/C=C\C/C=C\C/C=C\C/C=C\CCCCCCCCC(=O)CC(=O)SCCNC(=O)CCNC(=O)[C@H](O)C(C)(C)COP(=O)([O-])OP(=O)([O-])OC[C@H]1O[C@@H](n2cnc3c(N)ncnc32)[C@H](O)[C@@H]1OP(=O)([O-])[O-]. The summed E-state index contributed by atoms with van der Waals surface area (Å²) >= 11 is 0.919. The highest BCUT2D eigenvalue weighted by Crippen LogP contribution is 2.56. The number of carbonyl (C=O) groups excluding carboxylic acids is 4. The van der Waals surface area contributed by atoms with E-state index < -0.39 is 84.6 Å². The van der Waals surface area contributed by atoms with Crippen molar-refractivity contribution < 1.29 is 85.3 Å². The van der Waals surface area contributed by atoms with Crippen LogP contribution in [0, 0.1) is 5.41 Å². The van der Waals surface area contributed by atoms with Gasteiger partial charge in [-0.1, -0.05) is 131 Å². The molecule has 6 N–H and O–H groups in total. The van der Waals surface area contributed by atoms with Crippen LogP contribution in [0.3, 0.4) is 0 Å².